The van der Waals surface area contributed by atoms with E-state index in [9.17, 15) is 22.4 Å². The SMILES string of the molecule is O=C(CSc1nnc2c3c(-c4ccc(F)cc4)csc3ncn12)Nc1cccc(C(F)(F)F)c1. The van der Waals surface area contributed by atoms with Gasteiger partial charge in [-0.1, -0.05) is 30.0 Å². The highest BCUT2D eigenvalue weighted by molar-refractivity contribution is 7.99. The molecule has 0 aliphatic rings. The Balaban J connectivity index is 1.37. The lowest BCUT2D eigenvalue weighted by molar-refractivity contribution is -0.137. The molecule has 6 nitrogen and oxygen atoms in total. The maximum Gasteiger partial charge on any atom is 0.416 e. The van der Waals surface area contributed by atoms with Crippen molar-refractivity contribution in [1.82, 2.24) is 19.6 Å². The van der Waals surface area contributed by atoms with Gasteiger partial charge in [-0.2, -0.15) is 13.2 Å². The normalized spacial score (nSPS) is 11.9. The fraction of sp³-hybridized carbons (Fsp3) is 0.0909. The number of fused-ring (bicyclic) bond motifs is 3. The number of aromatic nitrogens is 4. The highest BCUT2D eigenvalue weighted by Gasteiger charge is 2.30. The first-order chi connectivity index (χ1) is 16.3. The standard InChI is InChI=1S/C22H13F4N5OS2/c23-14-6-4-12(5-7-14)16-9-33-20-18(16)19-29-30-21(31(19)11-27-20)34-10-17(32)28-15-3-1-2-13(8-15)22(24,25)26/h1-9,11H,10H2,(H,28,32). The molecule has 5 aromatic rings. The van der Waals surface area contributed by atoms with Crippen LogP contribution >= 0.6 is 23.1 Å². The molecule has 0 aliphatic heterocycles. The van der Waals surface area contributed by atoms with Crippen molar-refractivity contribution in [1.29, 1.82) is 0 Å². The topological polar surface area (TPSA) is 72.2 Å². The number of nitrogens with one attached hydrogen (secondary N) is 1. The van der Waals surface area contributed by atoms with Crippen molar-refractivity contribution < 1.29 is 22.4 Å². The summed E-state index contributed by atoms with van der Waals surface area (Å²) in [5.41, 5.74) is 1.39. The van der Waals surface area contributed by atoms with Crippen LogP contribution in [0.3, 0.4) is 0 Å². The average Bonchev–Trinajstić information content (AvgIpc) is 3.42. The number of anilines is 1. The Labute approximate surface area is 197 Å². The molecule has 3 aromatic heterocycles. The number of rotatable bonds is 5. The number of carbonyl (C=O) groups is 1. The van der Waals surface area contributed by atoms with Gasteiger partial charge in [0.15, 0.2) is 10.8 Å². The smallest absolute Gasteiger partial charge is 0.325 e. The number of amides is 1. The number of nitrogens with zero attached hydrogens (tertiary/aromatic N) is 4. The first kappa shape index (κ1) is 22.3. The second kappa shape index (κ2) is 8.69. The summed E-state index contributed by atoms with van der Waals surface area (Å²) in [5, 5.41) is 13.9. The van der Waals surface area contributed by atoms with E-state index in [0.29, 0.717) is 10.8 Å². The van der Waals surface area contributed by atoms with Crippen molar-refractivity contribution in [2.75, 3.05) is 11.1 Å². The molecule has 0 unspecified atom stereocenters. The van der Waals surface area contributed by atoms with Crippen molar-refractivity contribution in [2.45, 2.75) is 11.3 Å². The molecule has 1 amide bonds. The maximum absolute atomic E-state index is 13.3. The van der Waals surface area contributed by atoms with Crippen molar-refractivity contribution in [2.24, 2.45) is 0 Å². The first-order valence-electron chi connectivity index (χ1n) is 9.76. The molecule has 3 heterocycles. The third-order valence-electron chi connectivity index (χ3n) is 4.91. The number of carbonyl (C=O) groups excluding carboxylic acids is 1. The lowest BCUT2D eigenvalue weighted by Gasteiger charge is -2.09. The number of hydrogen-bond donors (Lipinski definition) is 1. The van der Waals surface area contributed by atoms with E-state index in [1.807, 2.05) is 5.38 Å². The summed E-state index contributed by atoms with van der Waals surface area (Å²) in [4.78, 5) is 17.5. The quantitative estimate of drug-likeness (QED) is 0.239. The summed E-state index contributed by atoms with van der Waals surface area (Å²) >= 11 is 2.50. The summed E-state index contributed by atoms with van der Waals surface area (Å²) in [6.07, 6.45) is -2.95. The molecule has 1 N–H and O–H groups in total. The summed E-state index contributed by atoms with van der Waals surface area (Å²) in [7, 11) is 0. The van der Waals surface area contributed by atoms with Crippen molar-refractivity contribution in [3.63, 3.8) is 0 Å². The number of halogens is 4. The zero-order valence-corrected chi connectivity index (χ0v) is 18.6. The van der Waals surface area contributed by atoms with Crippen LogP contribution in [0.5, 0.6) is 0 Å². The van der Waals surface area contributed by atoms with E-state index in [4.69, 9.17) is 0 Å². The van der Waals surface area contributed by atoms with Gasteiger partial charge in [-0.05, 0) is 35.9 Å². The molecule has 0 atom stereocenters. The zero-order valence-electron chi connectivity index (χ0n) is 17.0. The Morgan fingerprint density at radius 2 is 1.91 bits per heavy atom. The Kier molecular flexibility index (Phi) is 5.70. The molecular formula is C22H13F4N5OS2. The molecule has 2 aromatic carbocycles. The number of hydrogen-bond acceptors (Lipinski definition) is 6. The molecule has 0 saturated carbocycles. The Bertz CT molecular complexity index is 1510. The minimum Gasteiger partial charge on any atom is -0.325 e. The van der Waals surface area contributed by atoms with Crippen LogP contribution in [0.2, 0.25) is 0 Å². The summed E-state index contributed by atoms with van der Waals surface area (Å²) in [6.45, 7) is 0. The lowest BCUT2D eigenvalue weighted by Crippen LogP contribution is -2.15. The third kappa shape index (κ3) is 4.33. The molecule has 12 heteroatoms. The van der Waals surface area contributed by atoms with Crippen LogP contribution in [0, 0.1) is 5.82 Å². The average molecular weight is 504 g/mol. The van der Waals surface area contributed by atoms with E-state index in [2.05, 4.69) is 20.5 Å². The summed E-state index contributed by atoms with van der Waals surface area (Å²) in [6, 6.07) is 10.5. The van der Waals surface area contributed by atoms with Gasteiger partial charge >= 0.3 is 6.18 Å². The molecule has 0 bridgehead atoms. The van der Waals surface area contributed by atoms with Crippen LogP contribution in [0.4, 0.5) is 23.2 Å². The minimum absolute atomic E-state index is 0.0529. The van der Waals surface area contributed by atoms with Crippen LogP contribution in [0.1, 0.15) is 5.56 Å². The third-order valence-corrected chi connectivity index (χ3v) is 6.74. The van der Waals surface area contributed by atoms with Gasteiger partial charge < -0.3 is 5.32 Å². The van der Waals surface area contributed by atoms with Crippen LogP contribution in [0.25, 0.3) is 27.0 Å². The second-order valence-corrected chi connectivity index (χ2v) is 8.97. The molecule has 5 rings (SSSR count). The van der Waals surface area contributed by atoms with Crippen LogP contribution < -0.4 is 5.32 Å². The fourth-order valence-electron chi connectivity index (χ4n) is 3.36. The Morgan fingerprint density at radius 3 is 2.68 bits per heavy atom. The largest absolute Gasteiger partial charge is 0.416 e. The predicted molar refractivity (Wildman–Crippen MR) is 122 cm³/mol. The highest BCUT2D eigenvalue weighted by Crippen LogP contribution is 2.36. The van der Waals surface area contributed by atoms with Gasteiger partial charge in [-0.15, -0.1) is 21.5 Å². The van der Waals surface area contributed by atoms with Crippen molar-refractivity contribution in [3.8, 4) is 11.1 Å². The van der Waals surface area contributed by atoms with Crippen LogP contribution in [-0.4, -0.2) is 31.2 Å². The molecule has 0 aliphatic carbocycles. The molecule has 0 radical (unpaired) electrons. The van der Waals surface area contributed by atoms with E-state index < -0.39 is 17.6 Å². The predicted octanol–water partition coefficient (Wildman–Crippen LogP) is 5.89. The van der Waals surface area contributed by atoms with Gasteiger partial charge in [0.1, 0.15) is 17.0 Å². The van der Waals surface area contributed by atoms with Gasteiger partial charge in [-0.3, -0.25) is 9.20 Å². The highest BCUT2D eigenvalue weighted by atomic mass is 32.2. The summed E-state index contributed by atoms with van der Waals surface area (Å²) < 4.78 is 53.6. The molecule has 0 saturated heterocycles. The van der Waals surface area contributed by atoms with E-state index in [-0.39, 0.29) is 17.3 Å². The molecule has 0 spiro atoms. The van der Waals surface area contributed by atoms with Crippen LogP contribution in [-0.2, 0) is 11.0 Å². The van der Waals surface area contributed by atoms with Crippen molar-refractivity contribution >= 4 is 50.6 Å². The zero-order chi connectivity index (χ0) is 23.9. The van der Waals surface area contributed by atoms with Gasteiger partial charge in [0.25, 0.3) is 0 Å². The molecule has 172 valence electrons. The van der Waals surface area contributed by atoms with Gasteiger partial charge in [0, 0.05) is 16.6 Å². The van der Waals surface area contributed by atoms with Gasteiger partial charge in [0.05, 0.1) is 16.7 Å². The molecular weight excluding hydrogens is 490 g/mol. The van der Waals surface area contributed by atoms with Crippen molar-refractivity contribution in [3.05, 3.63) is 71.6 Å². The first-order valence-corrected chi connectivity index (χ1v) is 11.6. The Morgan fingerprint density at radius 1 is 1.12 bits per heavy atom. The molecule has 34 heavy (non-hydrogen) atoms. The van der Waals surface area contributed by atoms with E-state index in [1.165, 1.54) is 35.6 Å². The number of thioether (sulfide) groups is 1. The van der Waals surface area contributed by atoms with E-state index >= 15 is 0 Å². The summed E-state index contributed by atoms with van der Waals surface area (Å²) in [5.74, 6) is -0.919. The molecule has 0 fully saturated rings. The van der Waals surface area contributed by atoms with Gasteiger partial charge in [-0.25, -0.2) is 9.37 Å². The number of alkyl halides is 3. The number of benzene rings is 2. The Hall–Kier alpha value is -3.51. The monoisotopic (exact) mass is 503 g/mol. The number of thiophene rings is 1. The lowest BCUT2D eigenvalue weighted by atomic mass is 10.1. The minimum atomic E-state index is -4.50. The van der Waals surface area contributed by atoms with E-state index in [0.717, 1.165) is 45.2 Å². The van der Waals surface area contributed by atoms with E-state index in [1.54, 1.807) is 22.9 Å². The fourth-order valence-corrected chi connectivity index (χ4v) is 4.98. The maximum atomic E-state index is 13.3. The second-order valence-electron chi connectivity index (χ2n) is 7.17. The van der Waals surface area contributed by atoms with Gasteiger partial charge in [0.2, 0.25) is 5.91 Å². The van der Waals surface area contributed by atoms with Crippen LogP contribution in [0.15, 0.2) is 65.4 Å².